The van der Waals surface area contributed by atoms with Gasteiger partial charge in [-0.3, -0.25) is 0 Å². The number of nitriles is 2. The van der Waals surface area contributed by atoms with Crippen LogP contribution < -0.4 is 0 Å². The SMILES string of the molecule is N#Cc1cc(-c2ccc3c(c2)c2ccccc2n3-c2ccc(C#N)cc2-c2cc(F)cc(F)c2)cc(-n2c3ccccc3c3ccccc32)c1. The quantitative estimate of drug-likeness (QED) is 0.191. The molecule has 0 aliphatic heterocycles. The van der Waals surface area contributed by atoms with Gasteiger partial charge < -0.3 is 9.13 Å². The Labute approximate surface area is 285 Å². The van der Waals surface area contributed by atoms with Crippen LogP contribution in [0.25, 0.3) is 77.2 Å². The van der Waals surface area contributed by atoms with Crippen LogP contribution in [0.5, 0.6) is 0 Å². The Balaban J connectivity index is 1.27. The molecule has 2 aromatic heterocycles. The van der Waals surface area contributed by atoms with E-state index in [9.17, 15) is 19.3 Å². The zero-order chi connectivity index (χ0) is 33.9. The molecule has 0 aliphatic rings. The molecule has 0 saturated carbocycles. The maximum Gasteiger partial charge on any atom is 0.126 e. The summed E-state index contributed by atoms with van der Waals surface area (Å²) in [5.41, 5.74) is 9.12. The lowest BCUT2D eigenvalue weighted by atomic mass is 9.99. The topological polar surface area (TPSA) is 57.4 Å². The molecule has 0 spiro atoms. The summed E-state index contributed by atoms with van der Waals surface area (Å²) in [6.45, 7) is 0. The minimum atomic E-state index is -0.694. The summed E-state index contributed by atoms with van der Waals surface area (Å²) >= 11 is 0. The van der Waals surface area contributed by atoms with Crippen LogP contribution >= 0.6 is 0 Å². The molecule has 0 saturated heterocycles. The number of nitrogens with zero attached hydrogens (tertiary/aromatic N) is 4. The summed E-state index contributed by atoms with van der Waals surface area (Å²) in [4.78, 5) is 0. The Morgan fingerprint density at radius 2 is 1.00 bits per heavy atom. The van der Waals surface area contributed by atoms with Crippen LogP contribution in [-0.2, 0) is 0 Å². The first kappa shape index (κ1) is 29.1. The summed E-state index contributed by atoms with van der Waals surface area (Å²) in [6, 6.07) is 49.9. The van der Waals surface area contributed by atoms with Crippen molar-refractivity contribution < 1.29 is 8.78 Å². The van der Waals surface area contributed by atoms with E-state index < -0.39 is 11.6 Å². The fourth-order valence-electron chi connectivity index (χ4n) is 7.33. The van der Waals surface area contributed by atoms with E-state index in [4.69, 9.17) is 0 Å². The van der Waals surface area contributed by atoms with Crippen molar-refractivity contribution in [1.29, 1.82) is 10.5 Å². The maximum absolute atomic E-state index is 14.5. The molecule has 9 rings (SSSR count). The number of para-hydroxylation sites is 3. The Morgan fingerprint density at radius 3 is 1.64 bits per heavy atom. The zero-order valence-electron chi connectivity index (χ0n) is 26.4. The average molecular weight is 647 g/mol. The molecule has 0 radical (unpaired) electrons. The second kappa shape index (κ2) is 11.3. The summed E-state index contributed by atoms with van der Waals surface area (Å²) in [5, 5.41) is 24.1. The van der Waals surface area contributed by atoms with Crippen molar-refractivity contribution in [3.05, 3.63) is 168 Å². The third-order valence-electron chi connectivity index (χ3n) is 9.43. The highest BCUT2D eigenvalue weighted by atomic mass is 19.1. The average Bonchev–Trinajstić information content (AvgIpc) is 3.66. The summed E-state index contributed by atoms with van der Waals surface area (Å²) in [6.07, 6.45) is 0. The van der Waals surface area contributed by atoms with Crippen molar-refractivity contribution in [2.75, 3.05) is 0 Å². The third kappa shape index (κ3) is 4.55. The Kier molecular flexibility index (Phi) is 6.59. The predicted molar refractivity (Wildman–Crippen MR) is 195 cm³/mol. The molecule has 50 heavy (non-hydrogen) atoms. The number of rotatable bonds is 4. The maximum atomic E-state index is 14.5. The molecule has 7 aromatic carbocycles. The van der Waals surface area contributed by atoms with Crippen LogP contribution in [-0.4, -0.2) is 9.13 Å². The van der Waals surface area contributed by atoms with Gasteiger partial charge >= 0.3 is 0 Å². The monoisotopic (exact) mass is 646 g/mol. The first-order valence-electron chi connectivity index (χ1n) is 16.1. The summed E-state index contributed by atoms with van der Waals surface area (Å²) in [7, 11) is 0. The highest BCUT2D eigenvalue weighted by molar-refractivity contribution is 6.11. The zero-order valence-corrected chi connectivity index (χ0v) is 26.4. The van der Waals surface area contributed by atoms with Crippen LogP contribution in [0, 0.1) is 34.3 Å². The van der Waals surface area contributed by atoms with E-state index in [1.54, 1.807) is 12.1 Å². The van der Waals surface area contributed by atoms with Gasteiger partial charge in [-0.15, -0.1) is 0 Å². The standard InChI is InChI=1S/C44H24F2N4/c45-32-20-31(21-33(46)24-32)38-19-27(25-47)13-15-43(38)50-42-12-6-3-9-37(42)39-23-29(14-16-44(39)50)30-17-28(26-48)18-34(22-30)49-40-10-4-1-7-35(40)36-8-2-5-11-41(36)49/h1-24H. The number of hydrogen-bond donors (Lipinski definition) is 0. The van der Waals surface area contributed by atoms with E-state index in [0.717, 1.165) is 66.5 Å². The predicted octanol–water partition coefficient (Wildman–Crippen LogP) is 11.2. The van der Waals surface area contributed by atoms with Gasteiger partial charge in [0.05, 0.1) is 51.0 Å². The van der Waals surface area contributed by atoms with Crippen molar-refractivity contribution in [1.82, 2.24) is 9.13 Å². The lowest BCUT2D eigenvalue weighted by molar-refractivity contribution is 0.584. The molecule has 0 N–H and O–H groups in total. The number of fused-ring (bicyclic) bond motifs is 6. The molecule has 4 nitrogen and oxygen atoms in total. The molecule has 0 aliphatic carbocycles. The van der Waals surface area contributed by atoms with E-state index in [1.807, 2.05) is 72.8 Å². The van der Waals surface area contributed by atoms with E-state index >= 15 is 0 Å². The molecular weight excluding hydrogens is 623 g/mol. The molecule has 0 amide bonds. The molecule has 0 bridgehead atoms. The van der Waals surface area contributed by atoms with Crippen molar-refractivity contribution in [3.63, 3.8) is 0 Å². The number of halogens is 2. The molecule has 6 heteroatoms. The van der Waals surface area contributed by atoms with Crippen LogP contribution in [0.2, 0.25) is 0 Å². The van der Waals surface area contributed by atoms with Crippen LogP contribution in [0.15, 0.2) is 146 Å². The number of hydrogen-bond acceptors (Lipinski definition) is 2. The molecule has 0 fully saturated rings. The second-order valence-electron chi connectivity index (χ2n) is 12.3. The minimum absolute atomic E-state index is 0.336. The van der Waals surface area contributed by atoms with Crippen molar-refractivity contribution in [2.45, 2.75) is 0 Å². The van der Waals surface area contributed by atoms with Gasteiger partial charge in [-0.05, 0) is 95.6 Å². The van der Waals surface area contributed by atoms with Crippen LogP contribution in [0.1, 0.15) is 11.1 Å². The normalized spacial score (nSPS) is 11.4. The molecule has 234 valence electrons. The van der Waals surface area contributed by atoms with Crippen LogP contribution in [0.3, 0.4) is 0 Å². The van der Waals surface area contributed by atoms with Gasteiger partial charge in [-0.1, -0.05) is 60.7 Å². The van der Waals surface area contributed by atoms with Gasteiger partial charge in [-0.2, -0.15) is 10.5 Å². The van der Waals surface area contributed by atoms with E-state index in [2.05, 4.69) is 63.7 Å². The third-order valence-corrected chi connectivity index (χ3v) is 9.43. The van der Waals surface area contributed by atoms with Gasteiger partial charge in [0, 0.05) is 38.9 Å². The van der Waals surface area contributed by atoms with E-state index in [1.165, 1.54) is 12.1 Å². The van der Waals surface area contributed by atoms with Gasteiger partial charge in [0.2, 0.25) is 0 Å². The largest absolute Gasteiger partial charge is 0.309 e. The Bertz CT molecular complexity index is 2860. The van der Waals surface area contributed by atoms with Crippen molar-refractivity contribution in [3.8, 4) is 45.8 Å². The number of benzene rings is 7. The fraction of sp³-hybridized carbons (Fsp3) is 0. The van der Waals surface area contributed by atoms with Crippen molar-refractivity contribution in [2.24, 2.45) is 0 Å². The van der Waals surface area contributed by atoms with Gasteiger partial charge in [0.25, 0.3) is 0 Å². The Hall–Kier alpha value is -7.02. The highest BCUT2D eigenvalue weighted by Crippen LogP contribution is 2.40. The van der Waals surface area contributed by atoms with Gasteiger partial charge in [0.1, 0.15) is 11.6 Å². The van der Waals surface area contributed by atoms with Gasteiger partial charge in [-0.25, -0.2) is 8.78 Å². The van der Waals surface area contributed by atoms with E-state index in [0.29, 0.717) is 27.9 Å². The molecule has 0 atom stereocenters. The smallest absolute Gasteiger partial charge is 0.126 e. The summed E-state index contributed by atoms with van der Waals surface area (Å²) < 4.78 is 33.2. The molecule has 0 unspecified atom stereocenters. The first-order valence-corrected chi connectivity index (χ1v) is 16.1. The summed E-state index contributed by atoms with van der Waals surface area (Å²) in [5.74, 6) is -1.39. The Morgan fingerprint density at radius 1 is 0.420 bits per heavy atom. The lowest BCUT2D eigenvalue weighted by Gasteiger charge is -2.15. The lowest BCUT2D eigenvalue weighted by Crippen LogP contribution is -1.99. The minimum Gasteiger partial charge on any atom is -0.309 e. The first-order chi connectivity index (χ1) is 24.5. The van der Waals surface area contributed by atoms with E-state index in [-0.39, 0.29) is 0 Å². The molecule has 2 heterocycles. The van der Waals surface area contributed by atoms with Gasteiger partial charge in [0.15, 0.2) is 0 Å². The van der Waals surface area contributed by atoms with Crippen LogP contribution in [0.4, 0.5) is 8.78 Å². The molecule has 9 aromatic rings. The van der Waals surface area contributed by atoms with Crippen molar-refractivity contribution >= 4 is 43.6 Å². The number of aromatic nitrogens is 2. The second-order valence-corrected chi connectivity index (χ2v) is 12.3. The fourth-order valence-corrected chi connectivity index (χ4v) is 7.33. The highest BCUT2D eigenvalue weighted by Gasteiger charge is 2.19. The molecular formula is C44H24F2N4.